The SMILES string of the molecule is c1cc(-c2ccc3ccccc3c2)cc(N(c2ccc(-c3cccc(-n4c5ccccc5c5ccccc54)c3)cc2)c2ccc3oc4c5ccccc5ccc4c3c2)c1. The highest BCUT2D eigenvalue weighted by Crippen LogP contribution is 2.42. The minimum absolute atomic E-state index is 0.878. The summed E-state index contributed by atoms with van der Waals surface area (Å²) in [5.41, 5.74) is 13.2. The van der Waals surface area contributed by atoms with Gasteiger partial charge in [-0.2, -0.15) is 0 Å². The molecule has 0 bridgehead atoms. The van der Waals surface area contributed by atoms with Crippen molar-refractivity contribution in [3.63, 3.8) is 0 Å². The topological polar surface area (TPSA) is 21.3 Å². The van der Waals surface area contributed by atoms with Crippen molar-refractivity contribution in [3.05, 3.63) is 218 Å². The van der Waals surface area contributed by atoms with Crippen LogP contribution in [0.3, 0.4) is 0 Å². The summed E-state index contributed by atoms with van der Waals surface area (Å²) in [6.07, 6.45) is 0. The van der Waals surface area contributed by atoms with Crippen LogP contribution in [0.5, 0.6) is 0 Å². The molecule has 0 aliphatic rings. The fourth-order valence-corrected chi connectivity index (χ4v) is 9.10. The number of rotatable bonds is 6. The van der Waals surface area contributed by atoms with Gasteiger partial charge in [-0.05, 0) is 117 Å². The van der Waals surface area contributed by atoms with E-state index in [0.717, 1.165) is 61.2 Å². The molecule has 0 saturated carbocycles. The Hall–Kier alpha value is -7.88. The van der Waals surface area contributed by atoms with Gasteiger partial charge in [-0.25, -0.2) is 0 Å². The Morgan fingerprint density at radius 3 is 1.71 bits per heavy atom. The predicted octanol–water partition coefficient (Wildman–Crippen LogP) is 15.8. The van der Waals surface area contributed by atoms with Crippen molar-refractivity contribution >= 4 is 82.4 Å². The number of anilines is 3. The second-order valence-electron chi connectivity index (χ2n) is 15.4. The Morgan fingerprint density at radius 2 is 0.915 bits per heavy atom. The molecule has 12 aromatic rings. The molecule has 0 unspecified atom stereocenters. The summed E-state index contributed by atoms with van der Waals surface area (Å²) in [7, 11) is 0. The number of nitrogens with zero attached hydrogens (tertiary/aromatic N) is 2. The molecule has 3 nitrogen and oxygen atoms in total. The summed E-state index contributed by atoms with van der Waals surface area (Å²) in [5.74, 6) is 0. The van der Waals surface area contributed by atoms with Gasteiger partial charge in [0.05, 0.1) is 11.0 Å². The lowest BCUT2D eigenvalue weighted by Crippen LogP contribution is -2.10. The second-order valence-corrected chi connectivity index (χ2v) is 15.4. The highest BCUT2D eigenvalue weighted by molar-refractivity contribution is 6.16. The van der Waals surface area contributed by atoms with Crippen molar-refractivity contribution < 1.29 is 4.42 Å². The van der Waals surface area contributed by atoms with Crippen LogP contribution in [-0.2, 0) is 0 Å². The van der Waals surface area contributed by atoms with E-state index < -0.39 is 0 Å². The number of furan rings is 1. The van der Waals surface area contributed by atoms with Crippen molar-refractivity contribution in [1.82, 2.24) is 4.57 Å². The van der Waals surface area contributed by atoms with E-state index in [2.05, 4.69) is 228 Å². The zero-order valence-corrected chi connectivity index (χ0v) is 32.1. The lowest BCUT2D eigenvalue weighted by atomic mass is 10.00. The maximum absolute atomic E-state index is 6.55. The largest absolute Gasteiger partial charge is 0.455 e. The Bertz CT molecular complexity index is 3520. The molecule has 0 radical (unpaired) electrons. The molecular weight excluding hydrogens is 717 g/mol. The van der Waals surface area contributed by atoms with Crippen molar-refractivity contribution in [2.45, 2.75) is 0 Å². The normalized spacial score (nSPS) is 11.7. The lowest BCUT2D eigenvalue weighted by Gasteiger charge is -2.26. The van der Waals surface area contributed by atoms with E-state index in [1.54, 1.807) is 0 Å². The molecule has 276 valence electrons. The van der Waals surface area contributed by atoms with E-state index in [1.165, 1.54) is 49.1 Å². The van der Waals surface area contributed by atoms with E-state index >= 15 is 0 Å². The number of hydrogen-bond donors (Lipinski definition) is 0. The average Bonchev–Trinajstić information content (AvgIpc) is 3.85. The van der Waals surface area contributed by atoms with Gasteiger partial charge >= 0.3 is 0 Å². The molecule has 2 heterocycles. The van der Waals surface area contributed by atoms with Gasteiger partial charge < -0.3 is 13.9 Å². The van der Waals surface area contributed by atoms with Gasteiger partial charge in [-0.15, -0.1) is 0 Å². The fraction of sp³-hybridized carbons (Fsp3) is 0. The van der Waals surface area contributed by atoms with Crippen molar-refractivity contribution in [3.8, 4) is 27.9 Å². The van der Waals surface area contributed by atoms with E-state index in [1.807, 2.05) is 0 Å². The van der Waals surface area contributed by atoms with Crippen LogP contribution in [0, 0.1) is 0 Å². The molecule has 0 amide bonds. The zero-order chi connectivity index (χ0) is 38.9. The molecule has 0 atom stereocenters. The van der Waals surface area contributed by atoms with Crippen LogP contribution in [0.2, 0.25) is 0 Å². The van der Waals surface area contributed by atoms with Gasteiger partial charge in [0.15, 0.2) is 0 Å². The first kappa shape index (κ1) is 33.3. The van der Waals surface area contributed by atoms with Crippen LogP contribution >= 0.6 is 0 Å². The van der Waals surface area contributed by atoms with Crippen molar-refractivity contribution in [2.75, 3.05) is 4.90 Å². The molecule has 59 heavy (non-hydrogen) atoms. The quantitative estimate of drug-likeness (QED) is 0.169. The standard InChI is InChI=1S/C56H36N2O/c1-2-13-40-33-43(24-23-37(40)11-1)42-15-10-16-45(35-42)57(47-30-32-55-52(36-47)51-31-27-39-12-3-4-18-48(39)56(51)59-55)44-28-25-38(26-29-44)41-14-9-17-46(34-41)58-53-21-7-5-19-49(53)50-20-6-8-22-54(50)58/h1-36H. The first-order chi connectivity index (χ1) is 29.2. The maximum Gasteiger partial charge on any atom is 0.143 e. The predicted molar refractivity (Wildman–Crippen MR) is 249 cm³/mol. The van der Waals surface area contributed by atoms with Crippen LogP contribution in [0.1, 0.15) is 0 Å². The van der Waals surface area contributed by atoms with Crippen LogP contribution in [0.4, 0.5) is 17.1 Å². The van der Waals surface area contributed by atoms with E-state index in [0.29, 0.717) is 0 Å². The summed E-state index contributed by atoms with van der Waals surface area (Å²) in [6.45, 7) is 0. The van der Waals surface area contributed by atoms with Gasteiger partial charge in [0, 0.05) is 49.7 Å². The third kappa shape index (κ3) is 5.51. The summed E-state index contributed by atoms with van der Waals surface area (Å²) >= 11 is 0. The molecule has 3 heteroatoms. The van der Waals surface area contributed by atoms with Crippen LogP contribution < -0.4 is 4.90 Å². The summed E-state index contributed by atoms with van der Waals surface area (Å²) in [5, 5.41) is 9.50. The Kier molecular flexibility index (Phi) is 7.54. The molecule has 12 rings (SSSR count). The van der Waals surface area contributed by atoms with E-state index in [-0.39, 0.29) is 0 Å². The van der Waals surface area contributed by atoms with Crippen LogP contribution in [-0.4, -0.2) is 4.57 Å². The number of aromatic nitrogens is 1. The first-order valence-electron chi connectivity index (χ1n) is 20.2. The number of hydrogen-bond acceptors (Lipinski definition) is 2. The zero-order valence-electron chi connectivity index (χ0n) is 32.1. The summed E-state index contributed by atoms with van der Waals surface area (Å²) < 4.78 is 8.93. The highest BCUT2D eigenvalue weighted by atomic mass is 16.3. The Balaban J connectivity index is 0.984. The molecule has 0 spiro atoms. The number of fused-ring (bicyclic) bond motifs is 9. The van der Waals surface area contributed by atoms with Gasteiger partial charge in [0.25, 0.3) is 0 Å². The highest BCUT2D eigenvalue weighted by Gasteiger charge is 2.18. The maximum atomic E-state index is 6.55. The Labute approximate surface area is 341 Å². The van der Waals surface area contributed by atoms with Crippen LogP contribution in [0.15, 0.2) is 223 Å². The molecule has 10 aromatic carbocycles. The molecule has 0 aliphatic heterocycles. The molecule has 0 saturated heterocycles. The molecule has 2 aromatic heterocycles. The minimum atomic E-state index is 0.878. The third-order valence-corrected chi connectivity index (χ3v) is 11.9. The molecular formula is C56H36N2O. The Morgan fingerprint density at radius 1 is 0.322 bits per heavy atom. The number of benzene rings is 10. The van der Waals surface area contributed by atoms with Crippen LogP contribution in [0.25, 0.3) is 93.2 Å². The van der Waals surface area contributed by atoms with E-state index in [9.17, 15) is 0 Å². The minimum Gasteiger partial charge on any atom is -0.455 e. The first-order valence-corrected chi connectivity index (χ1v) is 20.2. The average molecular weight is 753 g/mol. The van der Waals surface area contributed by atoms with Crippen molar-refractivity contribution in [1.29, 1.82) is 0 Å². The van der Waals surface area contributed by atoms with Gasteiger partial charge in [0.1, 0.15) is 11.2 Å². The van der Waals surface area contributed by atoms with Crippen molar-refractivity contribution in [2.24, 2.45) is 0 Å². The second kappa shape index (κ2) is 13.4. The smallest absolute Gasteiger partial charge is 0.143 e. The molecule has 0 N–H and O–H groups in total. The summed E-state index contributed by atoms with van der Waals surface area (Å²) in [6, 6.07) is 78.8. The van der Waals surface area contributed by atoms with Gasteiger partial charge in [0.2, 0.25) is 0 Å². The van der Waals surface area contributed by atoms with E-state index in [4.69, 9.17) is 4.42 Å². The molecule has 0 fully saturated rings. The summed E-state index contributed by atoms with van der Waals surface area (Å²) in [4.78, 5) is 2.36. The fourth-order valence-electron chi connectivity index (χ4n) is 9.10. The van der Waals surface area contributed by atoms with Gasteiger partial charge in [-0.3, -0.25) is 0 Å². The monoisotopic (exact) mass is 752 g/mol. The van der Waals surface area contributed by atoms with Gasteiger partial charge in [-0.1, -0.05) is 140 Å². The lowest BCUT2D eigenvalue weighted by molar-refractivity contribution is 0.672. The molecule has 0 aliphatic carbocycles. The third-order valence-electron chi connectivity index (χ3n) is 11.9. The number of para-hydroxylation sites is 2.